The third-order valence-electron chi connectivity index (χ3n) is 1.59. The highest BCUT2D eigenvalue weighted by Crippen LogP contribution is 2.57. The van der Waals surface area contributed by atoms with E-state index in [0.717, 1.165) is 0 Å². The Kier molecular flexibility index (Phi) is 4.59. The van der Waals surface area contributed by atoms with Gasteiger partial charge in [0, 0.05) is 22.6 Å². The molecule has 0 atom stereocenters. The smallest absolute Gasteiger partial charge is 0.199 e. The molecule has 0 heterocycles. The molecule has 0 saturated heterocycles. The van der Waals surface area contributed by atoms with Crippen LogP contribution in [0, 0.1) is 0 Å². The average Bonchev–Trinajstić information content (AvgIpc) is 2.13. The van der Waals surface area contributed by atoms with Gasteiger partial charge < -0.3 is 0 Å². The zero-order valence-electron chi connectivity index (χ0n) is 7.54. The number of halogens is 12. The maximum Gasteiger partial charge on any atom is 0.387 e. The minimum Gasteiger partial charge on any atom is -0.199 e. The molecule has 0 rings (SSSR count). The van der Waals surface area contributed by atoms with E-state index in [1.807, 2.05) is 0 Å². The Morgan fingerprint density at radius 2 is 1.00 bits per heavy atom. The minimum atomic E-state index is -7.06. The molecule has 18 heavy (non-hydrogen) atoms. The molecule has 0 aromatic rings. The molecule has 0 aliphatic rings. The molecule has 0 radical (unpaired) electrons. The van der Waals surface area contributed by atoms with Crippen LogP contribution in [0.25, 0.3) is 0 Å². The lowest BCUT2D eigenvalue weighted by molar-refractivity contribution is -0.335. The van der Waals surface area contributed by atoms with E-state index in [1.165, 1.54) is 0 Å². The van der Waals surface area contributed by atoms with Crippen molar-refractivity contribution in [2.75, 3.05) is 0 Å². The van der Waals surface area contributed by atoms with Crippen molar-refractivity contribution in [3.8, 4) is 0 Å². The summed E-state index contributed by atoms with van der Waals surface area (Å²) in [7, 11) is 0. The fraction of sp³-hybridized carbons (Fsp3) is 0.667. The van der Waals surface area contributed by atoms with E-state index in [4.69, 9.17) is 0 Å². The third kappa shape index (κ3) is 2.52. The van der Waals surface area contributed by atoms with E-state index < -0.39 is 56.2 Å². The van der Waals surface area contributed by atoms with Crippen molar-refractivity contribution in [3.05, 3.63) is 11.9 Å². The average molecular weight is 408 g/mol. The van der Waals surface area contributed by atoms with Gasteiger partial charge in [-0.15, -0.1) is 0 Å². The van der Waals surface area contributed by atoms with E-state index in [2.05, 4.69) is 0 Å². The molecule has 0 aliphatic heterocycles. The molecular formula is C6F11I. The Morgan fingerprint density at radius 1 is 0.667 bits per heavy atom. The van der Waals surface area contributed by atoms with Crippen LogP contribution in [-0.4, -0.2) is 21.7 Å². The number of allylic oxidation sites excluding steroid dienone is 1. The normalized spacial score (nSPS) is 14.7. The van der Waals surface area contributed by atoms with Crippen molar-refractivity contribution in [2.24, 2.45) is 0 Å². The number of rotatable bonds is 4. The topological polar surface area (TPSA) is 0 Å². The van der Waals surface area contributed by atoms with Crippen LogP contribution in [0.2, 0.25) is 0 Å². The van der Waals surface area contributed by atoms with Gasteiger partial charge in [0.15, 0.2) is 0 Å². The second-order valence-electron chi connectivity index (χ2n) is 2.80. The van der Waals surface area contributed by atoms with E-state index >= 15 is 0 Å². The first-order valence-electron chi connectivity index (χ1n) is 3.52. The predicted octanol–water partition coefficient (Wildman–Crippen LogP) is 5.00. The summed E-state index contributed by atoms with van der Waals surface area (Å²) in [4.78, 5) is 0. The van der Waals surface area contributed by atoms with Crippen molar-refractivity contribution in [1.82, 2.24) is 0 Å². The van der Waals surface area contributed by atoms with Gasteiger partial charge in [-0.1, -0.05) is 0 Å². The molecule has 0 fully saturated rings. The summed E-state index contributed by atoms with van der Waals surface area (Å²) in [6.45, 7) is 0. The van der Waals surface area contributed by atoms with Gasteiger partial charge >= 0.3 is 27.8 Å². The van der Waals surface area contributed by atoms with Gasteiger partial charge in [0.2, 0.25) is 5.83 Å². The van der Waals surface area contributed by atoms with Gasteiger partial charge in [0.1, 0.15) is 0 Å². The molecule has 0 bridgehead atoms. The maximum atomic E-state index is 12.5. The van der Waals surface area contributed by atoms with Gasteiger partial charge in [-0.05, 0) is 0 Å². The van der Waals surface area contributed by atoms with Crippen molar-refractivity contribution >= 4 is 22.6 Å². The Morgan fingerprint density at radius 3 is 1.22 bits per heavy atom. The Hall–Kier alpha value is -0.300. The van der Waals surface area contributed by atoms with E-state index in [1.54, 1.807) is 0 Å². The van der Waals surface area contributed by atoms with Crippen molar-refractivity contribution in [2.45, 2.75) is 21.7 Å². The van der Waals surface area contributed by atoms with Gasteiger partial charge in [-0.3, -0.25) is 0 Å². The van der Waals surface area contributed by atoms with Crippen LogP contribution in [0.4, 0.5) is 48.3 Å². The maximum absolute atomic E-state index is 12.5. The van der Waals surface area contributed by atoms with Gasteiger partial charge in [0.05, 0.1) is 0 Å². The fourth-order valence-electron chi connectivity index (χ4n) is 0.632. The number of hydrogen-bond donors (Lipinski definition) is 0. The van der Waals surface area contributed by atoms with E-state index in [-0.39, 0.29) is 0 Å². The van der Waals surface area contributed by atoms with Gasteiger partial charge in [-0.2, -0.15) is 48.3 Å². The second-order valence-corrected chi connectivity index (χ2v) is 4.15. The van der Waals surface area contributed by atoms with Crippen LogP contribution in [0.15, 0.2) is 11.9 Å². The summed E-state index contributed by atoms with van der Waals surface area (Å²) < 4.78 is 128. The Bertz CT molecular complexity index is 347. The van der Waals surface area contributed by atoms with E-state index in [9.17, 15) is 48.3 Å². The van der Waals surface area contributed by atoms with Crippen LogP contribution in [0.1, 0.15) is 0 Å². The number of alkyl halides is 9. The summed E-state index contributed by atoms with van der Waals surface area (Å²) >= 11 is -0.597. The van der Waals surface area contributed by atoms with Crippen molar-refractivity contribution < 1.29 is 48.3 Å². The molecule has 0 N–H and O–H groups in total. The minimum absolute atomic E-state index is 0.597. The fourth-order valence-corrected chi connectivity index (χ4v) is 0.970. The highest BCUT2D eigenvalue weighted by atomic mass is 127. The summed E-state index contributed by atoms with van der Waals surface area (Å²) in [5, 5.41) is 0. The molecule has 0 aromatic carbocycles. The molecule has 0 spiro atoms. The molecule has 0 aliphatic carbocycles. The molecule has 0 aromatic heterocycles. The second kappa shape index (κ2) is 4.67. The van der Waals surface area contributed by atoms with Crippen molar-refractivity contribution in [3.63, 3.8) is 0 Å². The Balaban J connectivity index is 5.88. The molecule has 0 saturated carbocycles. The third-order valence-corrected chi connectivity index (χ3v) is 2.26. The lowest BCUT2D eigenvalue weighted by Gasteiger charge is -2.33. The van der Waals surface area contributed by atoms with Gasteiger partial charge in [-0.25, -0.2) is 0 Å². The van der Waals surface area contributed by atoms with Crippen LogP contribution in [0.5, 0.6) is 0 Å². The van der Waals surface area contributed by atoms with Gasteiger partial charge in [0.25, 0.3) is 0 Å². The first-order chi connectivity index (χ1) is 7.60. The SMILES string of the molecule is FC(F)=C(F)C(F)(F)C(F)(F)C(F)(F)C(F)(F)I. The van der Waals surface area contributed by atoms with E-state index in [0.29, 0.717) is 0 Å². The van der Waals surface area contributed by atoms with Crippen LogP contribution < -0.4 is 0 Å². The molecule has 0 nitrogen and oxygen atoms in total. The zero-order valence-corrected chi connectivity index (χ0v) is 9.69. The zero-order chi connectivity index (χ0) is 15.2. The largest absolute Gasteiger partial charge is 0.387 e. The first-order valence-corrected chi connectivity index (χ1v) is 4.60. The standard InChI is InChI=1S/C6F11I/c7-1(2(8)9)3(10,11)4(12,13)5(14,15)6(16,17)18. The molecule has 0 unspecified atom stereocenters. The summed E-state index contributed by atoms with van der Waals surface area (Å²) in [5.41, 5.74) is 0. The monoisotopic (exact) mass is 408 g/mol. The van der Waals surface area contributed by atoms with Crippen LogP contribution >= 0.6 is 22.6 Å². The lowest BCUT2D eigenvalue weighted by Crippen LogP contribution is -2.60. The summed E-state index contributed by atoms with van der Waals surface area (Å²) in [6, 6.07) is 0. The van der Waals surface area contributed by atoms with Crippen LogP contribution in [0.3, 0.4) is 0 Å². The quantitative estimate of drug-likeness (QED) is 0.349. The highest BCUT2D eigenvalue weighted by Gasteiger charge is 2.81. The molecule has 108 valence electrons. The lowest BCUT2D eigenvalue weighted by atomic mass is 10.0. The highest BCUT2D eigenvalue weighted by molar-refractivity contribution is 14.1. The molecular weight excluding hydrogens is 408 g/mol. The first kappa shape index (κ1) is 17.7. The number of hydrogen-bond acceptors (Lipinski definition) is 0. The Labute approximate surface area is 105 Å². The summed E-state index contributed by atoms with van der Waals surface area (Å²) in [6.07, 6.45) is -4.02. The molecule has 12 heteroatoms. The van der Waals surface area contributed by atoms with Crippen molar-refractivity contribution in [1.29, 1.82) is 0 Å². The predicted molar refractivity (Wildman–Crippen MR) is 44.2 cm³/mol. The van der Waals surface area contributed by atoms with Crippen LogP contribution in [-0.2, 0) is 0 Å². The molecule has 0 amide bonds. The summed E-state index contributed by atoms with van der Waals surface area (Å²) in [5.74, 6) is -24.8.